The highest BCUT2D eigenvalue weighted by Crippen LogP contribution is 2.51. The van der Waals surface area contributed by atoms with Crippen LogP contribution in [0, 0.1) is 5.92 Å². The zero-order chi connectivity index (χ0) is 15.7. The maximum atomic E-state index is 12.5. The Kier molecular flexibility index (Phi) is 4.37. The zero-order valence-corrected chi connectivity index (χ0v) is 14.4. The van der Waals surface area contributed by atoms with Gasteiger partial charge in [0.2, 0.25) is 5.91 Å². The first-order chi connectivity index (χ1) is 11.2. The van der Waals surface area contributed by atoms with Gasteiger partial charge in [0.15, 0.2) is 0 Å². The minimum absolute atomic E-state index is 0.0422. The molecule has 3 nitrogen and oxygen atoms in total. The van der Waals surface area contributed by atoms with Crippen LogP contribution in [-0.2, 0) is 4.79 Å². The molecule has 3 unspecified atom stereocenters. The van der Waals surface area contributed by atoms with Crippen molar-refractivity contribution in [1.82, 2.24) is 10.6 Å². The number of hydrogen-bond donors (Lipinski definition) is 2. The summed E-state index contributed by atoms with van der Waals surface area (Å²) in [6.07, 6.45) is 8.66. The smallest absolute Gasteiger partial charge is 0.237 e. The van der Waals surface area contributed by atoms with Crippen molar-refractivity contribution in [2.45, 2.75) is 66.7 Å². The van der Waals surface area contributed by atoms with Gasteiger partial charge in [0, 0.05) is 22.2 Å². The monoisotopic (exact) mass is 330 g/mol. The number of hydrogen-bond acceptors (Lipinski definition) is 3. The van der Waals surface area contributed by atoms with E-state index in [0.29, 0.717) is 6.04 Å². The van der Waals surface area contributed by atoms with Crippen molar-refractivity contribution in [2.24, 2.45) is 5.92 Å². The predicted octanol–water partition coefficient (Wildman–Crippen LogP) is 3.35. The van der Waals surface area contributed by atoms with Crippen molar-refractivity contribution in [3.05, 3.63) is 30.3 Å². The van der Waals surface area contributed by atoms with Gasteiger partial charge in [-0.25, -0.2) is 0 Å². The Labute approximate surface area is 143 Å². The van der Waals surface area contributed by atoms with E-state index in [1.54, 1.807) is 0 Å². The normalized spacial score (nSPS) is 31.4. The van der Waals surface area contributed by atoms with Gasteiger partial charge in [-0.3, -0.25) is 4.79 Å². The quantitative estimate of drug-likeness (QED) is 0.870. The highest BCUT2D eigenvalue weighted by Gasteiger charge is 2.45. The highest BCUT2D eigenvalue weighted by molar-refractivity contribution is 8.01. The lowest BCUT2D eigenvalue weighted by Crippen LogP contribution is -2.45. The molecule has 2 aliphatic carbocycles. The van der Waals surface area contributed by atoms with Crippen LogP contribution in [0.4, 0.5) is 0 Å². The molecule has 1 amide bonds. The van der Waals surface area contributed by atoms with Gasteiger partial charge >= 0.3 is 0 Å². The lowest BCUT2D eigenvalue weighted by Gasteiger charge is -2.24. The van der Waals surface area contributed by atoms with Gasteiger partial charge in [-0.15, -0.1) is 11.8 Å². The van der Waals surface area contributed by atoms with Crippen LogP contribution < -0.4 is 10.6 Å². The third-order valence-electron chi connectivity index (χ3n) is 5.65. The lowest BCUT2D eigenvalue weighted by atomic mass is 9.85. The van der Waals surface area contributed by atoms with Crippen molar-refractivity contribution in [1.29, 1.82) is 0 Å². The molecule has 1 aromatic carbocycles. The first-order valence-electron chi connectivity index (χ1n) is 9.02. The number of thioether (sulfide) groups is 1. The van der Waals surface area contributed by atoms with E-state index >= 15 is 0 Å². The van der Waals surface area contributed by atoms with Crippen molar-refractivity contribution in [3.8, 4) is 0 Å². The molecule has 124 valence electrons. The van der Waals surface area contributed by atoms with E-state index in [4.69, 9.17) is 0 Å². The van der Waals surface area contributed by atoms with Crippen molar-refractivity contribution < 1.29 is 4.79 Å². The SMILES string of the molecule is O=C(NCC1(Sc2ccccc2)CC1)C1CC2CCCCC2N1. The number of benzene rings is 1. The number of carbonyl (C=O) groups excluding carboxylic acids is 1. The molecule has 0 aromatic heterocycles. The second-order valence-electron chi connectivity index (χ2n) is 7.42. The largest absolute Gasteiger partial charge is 0.353 e. The molecule has 3 atom stereocenters. The second kappa shape index (κ2) is 6.48. The molecule has 23 heavy (non-hydrogen) atoms. The van der Waals surface area contributed by atoms with Crippen LogP contribution in [0.1, 0.15) is 44.9 Å². The zero-order valence-electron chi connectivity index (χ0n) is 13.6. The summed E-state index contributed by atoms with van der Waals surface area (Å²) >= 11 is 1.93. The molecule has 0 radical (unpaired) electrons. The molecule has 2 saturated carbocycles. The van der Waals surface area contributed by atoms with Gasteiger partial charge in [0.25, 0.3) is 0 Å². The van der Waals surface area contributed by atoms with E-state index in [1.807, 2.05) is 11.8 Å². The first kappa shape index (κ1) is 15.5. The maximum Gasteiger partial charge on any atom is 0.237 e. The third-order valence-corrected chi connectivity index (χ3v) is 7.14. The Morgan fingerprint density at radius 2 is 2.00 bits per heavy atom. The van der Waals surface area contributed by atoms with E-state index in [2.05, 4.69) is 41.0 Å². The van der Waals surface area contributed by atoms with Crippen LogP contribution in [0.5, 0.6) is 0 Å². The number of amides is 1. The predicted molar refractivity (Wildman–Crippen MR) is 94.6 cm³/mol. The van der Waals surface area contributed by atoms with Gasteiger partial charge in [0.1, 0.15) is 0 Å². The van der Waals surface area contributed by atoms with Crippen molar-refractivity contribution in [3.63, 3.8) is 0 Å². The fourth-order valence-corrected chi connectivity index (χ4v) is 5.33. The molecule has 0 spiro atoms. The summed E-state index contributed by atoms with van der Waals surface area (Å²) in [4.78, 5) is 13.8. The first-order valence-corrected chi connectivity index (χ1v) is 9.84. The number of fused-ring (bicyclic) bond motifs is 1. The molecule has 4 heteroatoms. The van der Waals surface area contributed by atoms with Crippen molar-refractivity contribution in [2.75, 3.05) is 6.54 Å². The minimum Gasteiger partial charge on any atom is -0.353 e. The summed E-state index contributed by atoms with van der Waals surface area (Å²) in [5.74, 6) is 0.951. The molecule has 1 heterocycles. The second-order valence-corrected chi connectivity index (χ2v) is 8.96. The summed E-state index contributed by atoms with van der Waals surface area (Å²) in [5.41, 5.74) is 0. The number of nitrogens with one attached hydrogen (secondary N) is 2. The van der Waals surface area contributed by atoms with E-state index < -0.39 is 0 Å². The Morgan fingerprint density at radius 3 is 2.74 bits per heavy atom. The standard InChI is InChI=1S/C19H26N2OS/c22-18(17-12-14-6-4-5-9-16(14)21-17)20-13-19(10-11-19)23-15-7-2-1-3-8-15/h1-3,7-8,14,16-17,21H,4-6,9-13H2,(H,20,22). The van der Waals surface area contributed by atoms with Crippen LogP contribution in [0.25, 0.3) is 0 Å². The maximum absolute atomic E-state index is 12.5. The molecule has 1 saturated heterocycles. The molecule has 4 rings (SSSR count). The van der Waals surface area contributed by atoms with Gasteiger partial charge in [0.05, 0.1) is 6.04 Å². The van der Waals surface area contributed by atoms with Crippen LogP contribution in [0.3, 0.4) is 0 Å². The Bertz CT molecular complexity index is 544. The summed E-state index contributed by atoms with van der Waals surface area (Å²) in [7, 11) is 0. The summed E-state index contributed by atoms with van der Waals surface area (Å²) < 4.78 is 0.238. The van der Waals surface area contributed by atoms with Gasteiger partial charge in [-0.1, -0.05) is 31.0 Å². The van der Waals surface area contributed by atoms with Gasteiger partial charge in [-0.05, 0) is 50.2 Å². The van der Waals surface area contributed by atoms with E-state index in [9.17, 15) is 4.79 Å². The van der Waals surface area contributed by atoms with Gasteiger partial charge < -0.3 is 10.6 Å². The molecule has 3 fully saturated rings. The highest BCUT2D eigenvalue weighted by atomic mass is 32.2. The van der Waals surface area contributed by atoms with Crippen molar-refractivity contribution >= 4 is 17.7 Å². The van der Waals surface area contributed by atoms with Crippen LogP contribution in [0.15, 0.2) is 35.2 Å². The molecule has 2 N–H and O–H groups in total. The van der Waals surface area contributed by atoms with Crippen LogP contribution >= 0.6 is 11.8 Å². The molecule has 1 aliphatic heterocycles. The topological polar surface area (TPSA) is 41.1 Å². The average molecular weight is 330 g/mol. The average Bonchev–Trinajstić information content (AvgIpc) is 3.20. The minimum atomic E-state index is 0.0422. The fraction of sp³-hybridized carbons (Fsp3) is 0.632. The summed E-state index contributed by atoms with van der Waals surface area (Å²) in [5, 5.41) is 6.82. The van der Waals surface area contributed by atoms with E-state index in [1.165, 1.54) is 43.4 Å². The van der Waals surface area contributed by atoms with Gasteiger partial charge in [-0.2, -0.15) is 0 Å². The third kappa shape index (κ3) is 3.58. The molecule has 0 bridgehead atoms. The Balaban J connectivity index is 1.28. The van der Waals surface area contributed by atoms with Crippen LogP contribution in [-0.4, -0.2) is 29.3 Å². The van der Waals surface area contributed by atoms with Crippen LogP contribution in [0.2, 0.25) is 0 Å². The van der Waals surface area contributed by atoms with E-state index in [0.717, 1.165) is 18.9 Å². The summed E-state index contributed by atoms with van der Waals surface area (Å²) in [6.45, 7) is 0.804. The molecular weight excluding hydrogens is 304 g/mol. The Hall–Kier alpha value is -1.00. The fourth-order valence-electron chi connectivity index (χ4n) is 4.09. The molecule has 3 aliphatic rings. The molecule has 1 aromatic rings. The Morgan fingerprint density at radius 1 is 1.22 bits per heavy atom. The van der Waals surface area contributed by atoms with E-state index in [-0.39, 0.29) is 16.7 Å². The number of carbonyl (C=O) groups is 1. The molecular formula is C19H26N2OS. The summed E-state index contributed by atoms with van der Waals surface area (Å²) in [6, 6.07) is 11.2. The number of rotatable bonds is 5. The lowest BCUT2D eigenvalue weighted by molar-refractivity contribution is -0.122.